The maximum Gasteiger partial charge on any atom is 0.417 e. The number of amides is 1. The van der Waals surface area contributed by atoms with E-state index in [0.717, 1.165) is 16.5 Å². The molecule has 1 amide bonds. The van der Waals surface area contributed by atoms with Crippen LogP contribution in [-0.4, -0.2) is 16.6 Å². The summed E-state index contributed by atoms with van der Waals surface area (Å²) in [4.78, 5) is 22.1. The first kappa shape index (κ1) is 18.4. The predicted molar refractivity (Wildman–Crippen MR) is 103 cm³/mol. The van der Waals surface area contributed by atoms with E-state index in [-0.39, 0.29) is 17.9 Å². The summed E-state index contributed by atoms with van der Waals surface area (Å²) >= 11 is 1.34. The number of fused-ring (bicyclic) bond motifs is 1. The van der Waals surface area contributed by atoms with E-state index < -0.39 is 11.7 Å². The van der Waals surface area contributed by atoms with Gasteiger partial charge in [0, 0.05) is 23.1 Å². The van der Waals surface area contributed by atoms with Gasteiger partial charge >= 0.3 is 6.18 Å². The highest BCUT2D eigenvalue weighted by molar-refractivity contribution is 7.15. The normalized spacial score (nSPS) is 13.2. The standard InChI is InChI=1S/C20H14F3N3OS/c1-11-10-24-19(28-11)26-18(27)14-7-4-5-12-9-16(25-17(12)14)13-6-2-3-8-15(13)20(21,22)23/h2-8,10H,9H2,1H3,(H,24,26,27). The zero-order chi connectivity index (χ0) is 19.9. The largest absolute Gasteiger partial charge is 0.417 e. The number of aryl methyl sites for hydroxylation is 1. The van der Waals surface area contributed by atoms with E-state index in [4.69, 9.17) is 0 Å². The highest BCUT2D eigenvalue weighted by Gasteiger charge is 2.35. The Kier molecular flexibility index (Phi) is 4.50. The van der Waals surface area contributed by atoms with Gasteiger partial charge in [0.15, 0.2) is 5.13 Å². The van der Waals surface area contributed by atoms with Crippen LogP contribution in [0.25, 0.3) is 0 Å². The number of carbonyl (C=O) groups is 1. The van der Waals surface area contributed by atoms with Crippen LogP contribution in [-0.2, 0) is 12.6 Å². The first-order chi connectivity index (χ1) is 13.3. The number of benzene rings is 2. The Morgan fingerprint density at radius 3 is 2.64 bits per heavy atom. The number of nitrogens with zero attached hydrogens (tertiary/aromatic N) is 2. The van der Waals surface area contributed by atoms with Crippen molar-refractivity contribution < 1.29 is 18.0 Å². The van der Waals surface area contributed by atoms with Gasteiger partial charge in [-0.3, -0.25) is 15.1 Å². The lowest BCUT2D eigenvalue weighted by Crippen LogP contribution is -2.13. The number of nitrogens with one attached hydrogen (secondary N) is 1. The Labute approximate surface area is 162 Å². The van der Waals surface area contributed by atoms with E-state index in [1.807, 2.05) is 6.92 Å². The van der Waals surface area contributed by atoms with Gasteiger partial charge in [-0.2, -0.15) is 13.2 Å². The quantitative estimate of drug-likeness (QED) is 0.639. The summed E-state index contributed by atoms with van der Waals surface area (Å²) in [5.41, 5.74) is 1.03. The molecule has 1 aromatic heterocycles. The van der Waals surface area contributed by atoms with Crippen LogP contribution in [0.15, 0.2) is 53.7 Å². The Bertz CT molecular complexity index is 1100. The minimum Gasteiger partial charge on any atom is -0.298 e. The Hall–Kier alpha value is -3.00. The first-order valence-electron chi connectivity index (χ1n) is 8.43. The molecular formula is C20H14F3N3OS. The number of alkyl halides is 3. The topological polar surface area (TPSA) is 54.4 Å². The summed E-state index contributed by atoms with van der Waals surface area (Å²) < 4.78 is 40.1. The molecule has 0 fully saturated rings. The van der Waals surface area contributed by atoms with Gasteiger partial charge in [0.2, 0.25) is 0 Å². The minimum absolute atomic E-state index is 0.0353. The number of hydrogen-bond acceptors (Lipinski definition) is 4. The van der Waals surface area contributed by atoms with E-state index in [1.165, 1.54) is 23.5 Å². The van der Waals surface area contributed by atoms with Gasteiger partial charge in [0.05, 0.1) is 22.5 Å². The molecule has 8 heteroatoms. The lowest BCUT2D eigenvalue weighted by molar-refractivity contribution is -0.137. The van der Waals surface area contributed by atoms with Crippen molar-refractivity contribution >= 4 is 33.8 Å². The number of thiazole rings is 1. The van der Waals surface area contributed by atoms with Crippen molar-refractivity contribution in [3.05, 3.63) is 75.8 Å². The number of para-hydroxylation sites is 1. The number of anilines is 1. The molecule has 2 heterocycles. The van der Waals surface area contributed by atoms with E-state index in [9.17, 15) is 18.0 Å². The van der Waals surface area contributed by atoms with Crippen molar-refractivity contribution in [1.29, 1.82) is 0 Å². The van der Waals surface area contributed by atoms with Gasteiger partial charge in [-0.15, -0.1) is 11.3 Å². The Morgan fingerprint density at radius 2 is 1.93 bits per heavy atom. The van der Waals surface area contributed by atoms with Crippen molar-refractivity contribution in [2.45, 2.75) is 19.5 Å². The summed E-state index contributed by atoms with van der Waals surface area (Å²) in [5, 5.41) is 3.18. The molecule has 28 heavy (non-hydrogen) atoms. The van der Waals surface area contributed by atoms with Crippen LogP contribution >= 0.6 is 11.3 Å². The monoisotopic (exact) mass is 401 g/mol. The molecule has 0 saturated heterocycles. The van der Waals surface area contributed by atoms with E-state index in [2.05, 4.69) is 15.3 Å². The lowest BCUT2D eigenvalue weighted by atomic mass is 9.98. The zero-order valence-corrected chi connectivity index (χ0v) is 15.5. The second-order valence-corrected chi connectivity index (χ2v) is 7.56. The summed E-state index contributed by atoms with van der Waals surface area (Å²) in [5.74, 6) is -0.389. The number of rotatable bonds is 3. The molecule has 4 rings (SSSR count). The molecule has 1 aliphatic heterocycles. The molecule has 0 spiro atoms. The summed E-state index contributed by atoms with van der Waals surface area (Å²) in [7, 11) is 0. The Balaban J connectivity index is 1.70. The van der Waals surface area contributed by atoms with Crippen molar-refractivity contribution in [3.63, 3.8) is 0 Å². The SMILES string of the molecule is Cc1cnc(NC(=O)c2cccc3c2N=C(c2ccccc2C(F)(F)F)C3)s1. The van der Waals surface area contributed by atoms with Crippen molar-refractivity contribution in [1.82, 2.24) is 4.98 Å². The first-order valence-corrected chi connectivity index (χ1v) is 9.24. The molecule has 0 saturated carbocycles. The summed E-state index contributed by atoms with van der Waals surface area (Å²) in [6.45, 7) is 1.88. The average molecular weight is 401 g/mol. The molecule has 0 aliphatic carbocycles. The third kappa shape index (κ3) is 3.43. The fourth-order valence-corrected chi connectivity index (χ4v) is 3.78. The average Bonchev–Trinajstić information content (AvgIpc) is 3.26. The maximum atomic E-state index is 13.4. The summed E-state index contributed by atoms with van der Waals surface area (Å²) in [6, 6.07) is 10.4. The van der Waals surface area contributed by atoms with Crippen LogP contribution in [0.5, 0.6) is 0 Å². The number of carbonyl (C=O) groups excluding carboxylic acids is 1. The highest BCUT2D eigenvalue weighted by Crippen LogP contribution is 2.37. The molecule has 142 valence electrons. The maximum absolute atomic E-state index is 13.4. The number of halogens is 3. The van der Waals surface area contributed by atoms with Gasteiger partial charge in [0.25, 0.3) is 5.91 Å². The fraction of sp³-hybridized carbons (Fsp3) is 0.150. The number of hydrogen-bond donors (Lipinski definition) is 1. The van der Waals surface area contributed by atoms with Crippen LogP contribution in [0, 0.1) is 6.92 Å². The smallest absolute Gasteiger partial charge is 0.298 e. The molecule has 0 unspecified atom stereocenters. The molecule has 0 bridgehead atoms. The van der Waals surface area contributed by atoms with Gasteiger partial charge < -0.3 is 0 Å². The van der Waals surface area contributed by atoms with Crippen molar-refractivity contribution in [2.75, 3.05) is 5.32 Å². The highest BCUT2D eigenvalue weighted by atomic mass is 32.1. The third-order valence-electron chi connectivity index (χ3n) is 4.35. The second-order valence-electron chi connectivity index (χ2n) is 6.32. The molecule has 4 nitrogen and oxygen atoms in total. The summed E-state index contributed by atoms with van der Waals surface area (Å²) in [6.07, 6.45) is -2.59. The molecule has 0 atom stereocenters. The van der Waals surface area contributed by atoms with Gasteiger partial charge in [-0.05, 0) is 24.6 Å². The molecule has 3 aromatic rings. The molecule has 1 N–H and O–H groups in total. The predicted octanol–water partition coefficient (Wildman–Crippen LogP) is 5.40. The molecule has 1 aliphatic rings. The van der Waals surface area contributed by atoms with Crippen LogP contribution in [0.1, 0.15) is 31.9 Å². The second kappa shape index (κ2) is 6.87. The van der Waals surface area contributed by atoms with Gasteiger partial charge in [0.1, 0.15) is 0 Å². The van der Waals surface area contributed by atoms with Crippen LogP contribution < -0.4 is 5.32 Å². The molecular weight excluding hydrogens is 387 g/mol. The van der Waals surface area contributed by atoms with Crippen molar-refractivity contribution in [3.8, 4) is 0 Å². The molecule has 2 aromatic carbocycles. The number of aliphatic imine (C=N–C) groups is 1. The lowest BCUT2D eigenvalue weighted by Gasteiger charge is -2.12. The van der Waals surface area contributed by atoms with Gasteiger partial charge in [-0.1, -0.05) is 30.3 Å². The third-order valence-corrected chi connectivity index (χ3v) is 5.18. The fourth-order valence-electron chi connectivity index (χ4n) is 3.12. The van der Waals surface area contributed by atoms with Crippen LogP contribution in [0.2, 0.25) is 0 Å². The van der Waals surface area contributed by atoms with E-state index in [0.29, 0.717) is 22.1 Å². The minimum atomic E-state index is -4.48. The van der Waals surface area contributed by atoms with E-state index >= 15 is 0 Å². The van der Waals surface area contributed by atoms with Crippen molar-refractivity contribution in [2.24, 2.45) is 4.99 Å². The number of aromatic nitrogens is 1. The Morgan fingerprint density at radius 1 is 1.14 bits per heavy atom. The van der Waals surface area contributed by atoms with Gasteiger partial charge in [-0.25, -0.2) is 4.98 Å². The zero-order valence-electron chi connectivity index (χ0n) is 14.7. The molecule has 0 radical (unpaired) electrons. The van der Waals surface area contributed by atoms with Crippen LogP contribution in [0.3, 0.4) is 0 Å². The van der Waals surface area contributed by atoms with E-state index in [1.54, 1.807) is 30.5 Å². The van der Waals surface area contributed by atoms with Crippen LogP contribution in [0.4, 0.5) is 24.0 Å².